The van der Waals surface area contributed by atoms with Gasteiger partial charge in [-0.3, -0.25) is 4.79 Å². The highest BCUT2D eigenvalue weighted by Crippen LogP contribution is 2.19. The second-order valence-corrected chi connectivity index (χ2v) is 3.25. The number of Topliss-reactive ketones (excluding diaryl/α,β-unsaturated/α-hetero) is 1. The first-order valence-electron chi connectivity index (χ1n) is 3.70. The molecule has 0 fully saturated rings. The second-order valence-electron chi connectivity index (χ2n) is 2.46. The zero-order chi connectivity index (χ0) is 9.84. The summed E-state index contributed by atoms with van der Waals surface area (Å²) in [6.45, 7) is 0. The highest BCUT2D eigenvalue weighted by molar-refractivity contribution is 6.31. The summed E-state index contributed by atoms with van der Waals surface area (Å²) in [7, 11) is 0. The van der Waals surface area contributed by atoms with Gasteiger partial charge in [-0.05, 0) is 12.1 Å². The molecule has 1 aromatic carbocycles. The van der Waals surface area contributed by atoms with Crippen LogP contribution in [0.4, 0.5) is 4.39 Å². The van der Waals surface area contributed by atoms with Crippen LogP contribution in [-0.4, -0.2) is 11.7 Å². The van der Waals surface area contributed by atoms with Gasteiger partial charge in [-0.2, -0.15) is 0 Å². The summed E-state index contributed by atoms with van der Waals surface area (Å²) in [5.41, 5.74) is 0.00755. The summed E-state index contributed by atoms with van der Waals surface area (Å²) in [5.74, 6) is -0.806. The highest BCUT2D eigenvalue weighted by atomic mass is 35.5. The molecule has 0 aromatic heterocycles. The van der Waals surface area contributed by atoms with Crippen LogP contribution in [0.2, 0.25) is 5.02 Å². The average molecular weight is 221 g/mol. The fourth-order valence-corrected chi connectivity index (χ4v) is 1.29. The molecule has 0 aliphatic carbocycles. The maximum absolute atomic E-state index is 13.2. The summed E-state index contributed by atoms with van der Waals surface area (Å²) >= 11 is 10.9. The van der Waals surface area contributed by atoms with E-state index in [0.29, 0.717) is 0 Å². The first-order valence-corrected chi connectivity index (χ1v) is 4.61. The summed E-state index contributed by atoms with van der Waals surface area (Å²) in [5, 5.41) is -0.0413. The predicted molar refractivity (Wildman–Crippen MR) is 51.1 cm³/mol. The van der Waals surface area contributed by atoms with Gasteiger partial charge in [0.25, 0.3) is 0 Å². The fourth-order valence-electron chi connectivity index (χ4n) is 0.940. The van der Waals surface area contributed by atoms with Crippen molar-refractivity contribution in [2.24, 2.45) is 0 Å². The van der Waals surface area contributed by atoms with Crippen molar-refractivity contribution in [2.75, 3.05) is 5.88 Å². The first-order chi connectivity index (χ1) is 6.16. The van der Waals surface area contributed by atoms with Gasteiger partial charge < -0.3 is 0 Å². The summed E-state index contributed by atoms with van der Waals surface area (Å²) in [4.78, 5) is 11.2. The van der Waals surface area contributed by atoms with Crippen molar-refractivity contribution in [3.63, 3.8) is 0 Å². The number of halogens is 3. The Labute approximate surface area is 85.5 Å². The number of carbonyl (C=O) groups is 1. The molecule has 1 rings (SSSR count). The lowest BCUT2D eigenvalue weighted by molar-refractivity contribution is 0.0985. The van der Waals surface area contributed by atoms with Crippen molar-refractivity contribution in [1.29, 1.82) is 0 Å². The van der Waals surface area contributed by atoms with Gasteiger partial charge in [-0.15, -0.1) is 11.6 Å². The molecule has 4 heteroatoms. The molecule has 1 nitrogen and oxygen atoms in total. The molecule has 0 atom stereocenters. The van der Waals surface area contributed by atoms with Crippen LogP contribution in [0.25, 0.3) is 0 Å². The molecule has 0 spiro atoms. The topological polar surface area (TPSA) is 17.1 Å². The molecule has 1 aromatic rings. The van der Waals surface area contributed by atoms with Crippen molar-refractivity contribution >= 4 is 29.0 Å². The van der Waals surface area contributed by atoms with Crippen molar-refractivity contribution in [2.45, 2.75) is 6.42 Å². The smallest absolute Gasteiger partial charge is 0.167 e. The molecule has 0 aliphatic rings. The lowest BCUT2D eigenvalue weighted by atomic mass is 10.1. The molecule has 0 bridgehead atoms. The van der Waals surface area contributed by atoms with Crippen LogP contribution in [0, 0.1) is 5.82 Å². The Morgan fingerprint density at radius 2 is 2.15 bits per heavy atom. The fraction of sp³-hybridized carbons (Fsp3) is 0.222. The Hall–Kier alpha value is -0.600. The van der Waals surface area contributed by atoms with E-state index >= 15 is 0 Å². The largest absolute Gasteiger partial charge is 0.294 e. The number of benzene rings is 1. The van der Waals surface area contributed by atoms with Crippen LogP contribution in [0.15, 0.2) is 18.2 Å². The SMILES string of the molecule is O=C(CCCl)c1cccc(Cl)c1F. The Bertz CT molecular complexity index is 325. The highest BCUT2D eigenvalue weighted by Gasteiger charge is 2.12. The maximum Gasteiger partial charge on any atom is 0.167 e. The number of rotatable bonds is 3. The van der Waals surface area contributed by atoms with Crippen LogP contribution < -0.4 is 0 Å². The molecule has 0 unspecified atom stereocenters. The zero-order valence-corrected chi connectivity index (χ0v) is 8.20. The zero-order valence-electron chi connectivity index (χ0n) is 6.69. The van der Waals surface area contributed by atoms with Crippen LogP contribution in [0.1, 0.15) is 16.8 Å². The molecular weight excluding hydrogens is 214 g/mol. The van der Waals surface area contributed by atoms with Crippen molar-refractivity contribution < 1.29 is 9.18 Å². The third-order valence-electron chi connectivity index (χ3n) is 1.57. The average Bonchev–Trinajstić information content (AvgIpc) is 2.10. The monoisotopic (exact) mass is 220 g/mol. The molecule has 0 aliphatic heterocycles. The second kappa shape index (κ2) is 4.58. The van der Waals surface area contributed by atoms with Gasteiger partial charge in [-0.25, -0.2) is 4.39 Å². The van der Waals surface area contributed by atoms with Crippen molar-refractivity contribution in [3.05, 3.63) is 34.6 Å². The van der Waals surface area contributed by atoms with Crippen molar-refractivity contribution in [1.82, 2.24) is 0 Å². The number of alkyl halides is 1. The molecular formula is C9H7Cl2FO. The Balaban J connectivity index is 3.01. The number of ketones is 1. The predicted octanol–water partition coefficient (Wildman–Crippen LogP) is 3.29. The maximum atomic E-state index is 13.2. The quantitative estimate of drug-likeness (QED) is 0.565. The van der Waals surface area contributed by atoms with Crippen LogP contribution in [0.5, 0.6) is 0 Å². The van der Waals surface area contributed by atoms with Gasteiger partial charge in [0.2, 0.25) is 0 Å². The number of hydrogen-bond donors (Lipinski definition) is 0. The van der Waals surface area contributed by atoms with Crippen LogP contribution in [-0.2, 0) is 0 Å². The third kappa shape index (κ3) is 2.42. The molecule has 0 N–H and O–H groups in total. The van der Waals surface area contributed by atoms with Gasteiger partial charge in [0, 0.05) is 12.3 Å². The normalized spacial score (nSPS) is 10.1. The van der Waals surface area contributed by atoms with Crippen molar-refractivity contribution in [3.8, 4) is 0 Å². The van der Waals surface area contributed by atoms with Gasteiger partial charge in [-0.1, -0.05) is 17.7 Å². The van der Waals surface area contributed by atoms with Gasteiger partial charge in [0.1, 0.15) is 0 Å². The van der Waals surface area contributed by atoms with E-state index in [1.54, 1.807) is 0 Å². The van der Waals surface area contributed by atoms with E-state index in [0.717, 1.165) is 0 Å². The molecule has 0 heterocycles. The van der Waals surface area contributed by atoms with Gasteiger partial charge in [0.05, 0.1) is 10.6 Å². The molecule has 70 valence electrons. The number of hydrogen-bond acceptors (Lipinski definition) is 1. The minimum absolute atomic E-state index is 0.00755. The van der Waals surface area contributed by atoms with E-state index < -0.39 is 5.82 Å². The molecule has 0 amide bonds. The van der Waals surface area contributed by atoms with Crippen LogP contribution >= 0.6 is 23.2 Å². The number of carbonyl (C=O) groups excluding carboxylic acids is 1. The molecule has 13 heavy (non-hydrogen) atoms. The minimum atomic E-state index is -0.667. The lowest BCUT2D eigenvalue weighted by Crippen LogP contribution is -2.03. The Morgan fingerprint density at radius 1 is 1.46 bits per heavy atom. The first kappa shape index (κ1) is 10.5. The summed E-state index contributed by atoms with van der Waals surface area (Å²) < 4.78 is 13.2. The lowest BCUT2D eigenvalue weighted by Gasteiger charge is -2.01. The molecule has 0 saturated heterocycles. The molecule has 0 saturated carbocycles. The summed E-state index contributed by atoms with van der Waals surface area (Å²) in [6.07, 6.45) is 0.124. The van der Waals surface area contributed by atoms with E-state index in [1.165, 1.54) is 18.2 Å². The van der Waals surface area contributed by atoms with Gasteiger partial charge >= 0.3 is 0 Å². The summed E-state index contributed by atoms with van der Waals surface area (Å²) in [6, 6.07) is 4.33. The van der Waals surface area contributed by atoms with E-state index in [-0.39, 0.29) is 28.7 Å². The Kier molecular flexibility index (Phi) is 3.70. The third-order valence-corrected chi connectivity index (χ3v) is 2.05. The molecule has 0 radical (unpaired) electrons. The van der Waals surface area contributed by atoms with E-state index in [4.69, 9.17) is 23.2 Å². The van der Waals surface area contributed by atoms with Gasteiger partial charge in [0.15, 0.2) is 11.6 Å². The van der Waals surface area contributed by atoms with E-state index in [1.807, 2.05) is 0 Å². The van der Waals surface area contributed by atoms with Crippen LogP contribution in [0.3, 0.4) is 0 Å². The minimum Gasteiger partial charge on any atom is -0.294 e. The Morgan fingerprint density at radius 3 is 2.77 bits per heavy atom. The van der Waals surface area contributed by atoms with E-state index in [2.05, 4.69) is 0 Å². The van der Waals surface area contributed by atoms with E-state index in [9.17, 15) is 9.18 Å². The standard InChI is InChI=1S/C9H7Cl2FO/c10-5-4-8(13)6-2-1-3-7(11)9(6)12/h1-3H,4-5H2.